The molecule has 2 heterocycles. The van der Waals surface area contributed by atoms with Crippen molar-refractivity contribution in [2.75, 3.05) is 25.5 Å². The van der Waals surface area contributed by atoms with Gasteiger partial charge in [0.1, 0.15) is 17.1 Å². The van der Waals surface area contributed by atoms with Crippen molar-refractivity contribution in [3.8, 4) is 5.75 Å². The van der Waals surface area contributed by atoms with Gasteiger partial charge in [-0.2, -0.15) is 0 Å². The SMILES string of the molecule is COc1ccc(NC(=O)c2cccc(C(=O)N3CCCC(C)C3)n2)cc1Cl. The Kier molecular flexibility index (Phi) is 5.96. The van der Waals surface area contributed by atoms with Crippen LogP contribution in [-0.2, 0) is 0 Å². The lowest BCUT2D eigenvalue weighted by molar-refractivity contribution is 0.0677. The second kappa shape index (κ2) is 8.39. The molecular weight excluding hydrogens is 366 g/mol. The second-order valence-corrected chi connectivity index (χ2v) is 7.12. The third kappa shape index (κ3) is 4.57. The van der Waals surface area contributed by atoms with E-state index in [4.69, 9.17) is 16.3 Å². The number of pyridine rings is 1. The van der Waals surface area contributed by atoms with Gasteiger partial charge in [0.05, 0.1) is 12.1 Å². The molecule has 1 aromatic heterocycles. The van der Waals surface area contributed by atoms with Crippen LogP contribution in [0.3, 0.4) is 0 Å². The van der Waals surface area contributed by atoms with Crippen LogP contribution in [0.2, 0.25) is 5.02 Å². The van der Waals surface area contributed by atoms with Gasteiger partial charge in [0, 0.05) is 18.8 Å². The van der Waals surface area contributed by atoms with Crippen molar-refractivity contribution in [1.29, 1.82) is 0 Å². The van der Waals surface area contributed by atoms with E-state index in [-0.39, 0.29) is 17.3 Å². The minimum atomic E-state index is -0.405. The molecule has 2 amide bonds. The molecule has 0 bridgehead atoms. The Balaban J connectivity index is 1.73. The van der Waals surface area contributed by atoms with Crippen LogP contribution in [0.25, 0.3) is 0 Å². The fraction of sp³-hybridized carbons (Fsp3) is 0.350. The van der Waals surface area contributed by atoms with Crippen LogP contribution in [0, 0.1) is 5.92 Å². The number of likely N-dealkylation sites (tertiary alicyclic amines) is 1. The van der Waals surface area contributed by atoms with Crippen molar-refractivity contribution in [1.82, 2.24) is 9.88 Å². The van der Waals surface area contributed by atoms with E-state index in [1.807, 2.05) is 0 Å². The molecule has 1 aliphatic heterocycles. The van der Waals surface area contributed by atoms with Crippen LogP contribution in [0.15, 0.2) is 36.4 Å². The summed E-state index contributed by atoms with van der Waals surface area (Å²) in [6.07, 6.45) is 2.12. The smallest absolute Gasteiger partial charge is 0.274 e. The number of halogens is 1. The van der Waals surface area contributed by atoms with Gasteiger partial charge >= 0.3 is 0 Å². The first-order valence-electron chi connectivity index (χ1n) is 8.89. The molecule has 6 nitrogen and oxygen atoms in total. The number of amides is 2. The average Bonchev–Trinajstić information content (AvgIpc) is 2.67. The number of methoxy groups -OCH3 is 1. The van der Waals surface area contributed by atoms with E-state index < -0.39 is 5.91 Å². The van der Waals surface area contributed by atoms with Gasteiger partial charge in [-0.3, -0.25) is 9.59 Å². The van der Waals surface area contributed by atoms with Crippen LogP contribution in [0.5, 0.6) is 5.75 Å². The number of benzene rings is 1. The number of ether oxygens (including phenoxy) is 1. The summed E-state index contributed by atoms with van der Waals surface area (Å²) in [7, 11) is 1.52. The second-order valence-electron chi connectivity index (χ2n) is 6.71. The minimum Gasteiger partial charge on any atom is -0.495 e. The first-order valence-corrected chi connectivity index (χ1v) is 9.27. The van der Waals surface area contributed by atoms with Crippen molar-refractivity contribution < 1.29 is 14.3 Å². The Morgan fingerprint density at radius 3 is 2.74 bits per heavy atom. The Hall–Kier alpha value is -2.60. The number of aromatic nitrogens is 1. The number of hydrogen-bond acceptors (Lipinski definition) is 4. The molecule has 1 atom stereocenters. The van der Waals surface area contributed by atoms with Crippen molar-refractivity contribution in [3.63, 3.8) is 0 Å². The molecule has 0 aliphatic carbocycles. The van der Waals surface area contributed by atoms with Crippen molar-refractivity contribution in [3.05, 3.63) is 52.8 Å². The maximum atomic E-state index is 12.7. The predicted octanol–water partition coefficient (Wildman–Crippen LogP) is 3.87. The van der Waals surface area contributed by atoms with Crippen LogP contribution in [0.4, 0.5) is 5.69 Å². The lowest BCUT2D eigenvalue weighted by Gasteiger charge is -2.30. The molecule has 0 spiro atoms. The van der Waals surface area contributed by atoms with Crippen molar-refractivity contribution >= 4 is 29.1 Å². The molecule has 142 valence electrons. The van der Waals surface area contributed by atoms with Crippen LogP contribution in [0.1, 0.15) is 40.7 Å². The zero-order valence-corrected chi connectivity index (χ0v) is 16.1. The molecule has 27 heavy (non-hydrogen) atoms. The summed E-state index contributed by atoms with van der Waals surface area (Å²) in [5.74, 6) is 0.465. The van der Waals surface area contributed by atoms with Gasteiger partial charge in [-0.05, 0) is 49.1 Å². The topological polar surface area (TPSA) is 71.5 Å². The summed E-state index contributed by atoms with van der Waals surface area (Å²) in [6, 6.07) is 9.85. The van der Waals surface area contributed by atoms with E-state index in [0.29, 0.717) is 22.4 Å². The lowest BCUT2D eigenvalue weighted by Crippen LogP contribution is -2.39. The number of nitrogens with zero attached hydrogens (tertiary/aromatic N) is 2. The Morgan fingerprint density at radius 1 is 1.26 bits per heavy atom. The molecule has 0 saturated carbocycles. The molecule has 2 aromatic rings. The lowest BCUT2D eigenvalue weighted by atomic mass is 10.00. The summed E-state index contributed by atoms with van der Waals surface area (Å²) in [5.41, 5.74) is 0.983. The molecule has 1 fully saturated rings. The highest BCUT2D eigenvalue weighted by Gasteiger charge is 2.23. The van der Waals surface area contributed by atoms with E-state index in [1.165, 1.54) is 7.11 Å². The molecule has 0 radical (unpaired) electrons. The summed E-state index contributed by atoms with van der Waals surface area (Å²) in [6.45, 7) is 3.59. The first kappa shape index (κ1) is 19.2. The summed E-state index contributed by atoms with van der Waals surface area (Å²) in [5, 5.41) is 3.13. The minimum absolute atomic E-state index is 0.135. The molecule has 1 aromatic carbocycles. The number of hydrogen-bond donors (Lipinski definition) is 1. The number of carbonyl (C=O) groups excluding carboxylic acids is 2. The summed E-state index contributed by atoms with van der Waals surface area (Å²) < 4.78 is 5.10. The number of nitrogens with one attached hydrogen (secondary N) is 1. The molecular formula is C20H22ClN3O3. The van der Waals surface area contributed by atoms with Crippen LogP contribution < -0.4 is 10.1 Å². The van der Waals surface area contributed by atoms with E-state index in [0.717, 1.165) is 25.9 Å². The molecule has 1 aliphatic rings. The summed E-state index contributed by atoms with van der Waals surface area (Å²) in [4.78, 5) is 31.3. The normalized spacial score (nSPS) is 16.7. The van der Waals surface area contributed by atoms with E-state index in [1.54, 1.807) is 41.3 Å². The van der Waals surface area contributed by atoms with E-state index in [9.17, 15) is 9.59 Å². The van der Waals surface area contributed by atoms with Crippen LogP contribution >= 0.6 is 11.6 Å². The monoisotopic (exact) mass is 387 g/mol. The van der Waals surface area contributed by atoms with Crippen LogP contribution in [-0.4, -0.2) is 41.9 Å². The first-order chi connectivity index (χ1) is 13.0. The standard InChI is InChI=1S/C20H22ClN3O3/c1-13-5-4-10-24(12-13)20(26)17-7-3-6-16(23-17)19(25)22-14-8-9-18(27-2)15(21)11-14/h3,6-9,11,13H,4-5,10,12H2,1-2H3,(H,22,25). The Bertz CT molecular complexity index is 856. The summed E-state index contributed by atoms with van der Waals surface area (Å²) >= 11 is 6.08. The quantitative estimate of drug-likeness (QED) is 0.864. The van der Waals surface area contributed by atoms with Gasteiger partial charge in [0.2, 0.25) is 0 Å². The number of piperidine rings is 1. The van der Waals surface area contributed by atoms with Gasteiger partial charge in [-0.1, -0.05) is 24.6 Å². The predicted molar refractivity (Wildman–Crippen MR) is 104 cm³/mol. The maximum absolute atomic E-state index is 12.7. The average molecular weight is 388 g/mol. The third-order valence-electron chi connectivity index (χ3n) is 4.55. The van der Waals surface area contributed by atoms with Gasteiger partial charge < -0.3 is 15.0 Å². The molecule has 1 N–H and O–H groups in total. The molecule has 7 heteroatoms. The Morgan fingerprint density at radius 2 is 2.04 bits per heavy atom. The van der Waals surface area contributed by atoms with E-state index >= 15 is 0 Å². The highest BCUT2D eigenvalue weighted by Crippen LogP contribution is 2.27. The maximum Gasteiger partial charge on any atom is 0.274 e. The Labute approximate surface area is 163 Å². The molecule has 1 saturated heterocycles. The molecule has 1 unspecified atom stereocenters. The van der Waals surface area contributed by atoms with Crippen molar-refractivity contribution in [2.24, 2.45) is 5.92 Å². The highest BCUT2D eigenvalue weighted by atomic mass is 35.5. The van der Waals surface area contributed by atoms with Crippen molar-refractivity contribution in [2.45, 2.75) is 19.8 Å². The number of carbonyl (C=O) groups is 2. The van der Waals surface area contributed by atoms with Gasteiger partial charge in [-0.25, -0.2) is 4.98 Å². The fourth-order valence-corrected chi connectivity index (χ4v) is 3.41. The van der Waals surface area contributed by atoms with Gasteiger partial charge in [-0.15, -0.1) is 0 Å². The van der Waals surface area contributed by atoms with Gasteiger partial charge in [0.15, 0.2) is 0 Å². The fourth-order valence-electron chi connectivity index (χ4n) is 3.16. The number of anilines is 1. The van der Waals surface area contributed by atoms with E-state index in [2.05, 4.69) is 17.2 Å². The zero-order chi connectivity index (χ0) is 19.4. The third-order valence-corrected chi connectivity index (χ3v) is 4.85. The van der Waals surface area contributed by atoms with Gasteiger partial charge in [0.25, 0.3) is 11.8 Å². The highest BCUT2D eigenvalue weighted by molar-refractivity contribution is 6.32. The largest absolute Gasteiger partial charge is 0.495 e. The zero-order valence-electron chi connectivity index (χ0n) is 15.4. The molecule has 3 rings (SSSR count). The number of rotatable bonds is 4.